The van der Waals surface area contributed by atoms with Gasteiger partial charge < -0.3 is 15.5 Å². The van der Waals surface area contributed by atoms with Gasteiger partial charge in [-0.3, -0.25) is 9.88 Å². The molecule has 0 aliphatic carbocycles. The lowest BCUT2D eigenvalue weighted by Crippen LogP contribution is -2.45. The number of unbranched alkanes of at least 4 members (excludes halogenated alkanes) is 1. The standard InChI is InChI=1S/C16H27N3O2/c1-3-4-5-14(19-8-6-17-7-9-19)15-13(11-20)10-18-12(2)16(15)21/h10,14,17,20-21H,3-9,11H2,1-2H3/t14-/m1/s1. The summed E-state index contributed by atoms with van der Waals surface area (Å²) >= 11 is 0. The third-order valence-electron chi connectivity index (χ3n) is 4.28. The summed E-state index contributed by atoms with van der Waals surface area (Å²) in [5, 5.41) is 23.5. The fourth-order valence-corrected chi connectivity index (χ4v) is 3.05. The number of pyridine rings is 1. The number of hydrogen-bond donors (Lipinski definition) is 3. The van der Waals surface area contributed by atoms with Crippen LogP contribution in [0.25, 0.3) is 0 Å². The molecule has 0 bridgehead atoms. The zero-order chi connectivity index (χ0) is 15.2. The van der Waals surface area contributed by atoms with Crippen LogP contribution >= 0.6 is 0 Å². The van der Waals surface area contributed by atoms with E-state index in [2.05, 4.69) is 22.1 Å². The Labute approximate surface area is 127 Å². The first kappa shape index (κ1) is 16.2. The number of nitrogens with one attached hydrogen (secondary N) is 1. The van der Waals surface area contributed by atoms with Gasteiger partial charge in [0.05, 0.1) is 12.3 Å². The number of aromatic hydroxyl groups is 1. The van der Waals surface area contributed by atoms with Crippen molar-refractivity contribution in [3.8, 4) is 5.75 Å². The molecule has 1 aliphatic heterocycles. The summed E-state index contributed by atoms with van der Waals surface area (Å²) in [7, 11) is 0. The van der Waals surface area contributed by atoms with Crippen molar-refractivity contribution in [3.63, 3.8) is 0 Å². The van der Waals surface area contributed by atoms with Gasteiger partial charge in [0.1, 0.15) is 5.75 Å². The van der Waals surface area contributed by atoms with Crippen LogP contribution in [0.4, 0.5) is 0 Å². The summed E-state index contributed by atoms with van der Waals surface area (Å²) in [4.78, 5) is 6.59. The van der Waals surface area contributed by atoms with Crippen LogP contribution < -0.4 is 5.32 Å². The van der Waals surface area contributed by atoms with Crippen molar-refractivity contribution < 1.29 is 10.2 Å². The highest BCUT2D eigenvalue weighted by Gasteiger charge is 2.27. The summed E-state index contributed by atoms with van der Waals surface area (Å²) in [6.45, 7) is 7.81. The Balaban J connectivity index is 2.36. The average molecular weight is 293 g/mol. The first-order chi connectivity index (χ1) is 10.2. The van der Waals surface area contributed by atoms with Crippen LogP contribution in [0, 0.1) is 6.92 Å². The molecular weight excluding hydrogens is 266 g/mol. The van der Waals surface area contributed by atoms with Gasteiger partial charge >= 0.3 is 0 Å². The highest BCUT2D eigenvalue weighted by molar-refractivity contribution is 5.43. The second-order valence-corrected chi connectivity index (χ2v) is 5.73. The molecule has 0 aromatic carbocycles. The van der Waals surface area contributed by atoms with Crippen molar-refractivity contribution in [2.45, 2.75) is 45.8 Å². The number of aromatic nitrogens is 1. The van der Waals surface area contributed by atoms with Crippen LogP contribution in [-0.4, -0.2) is 46.3 Å². The lowest BCUT2D eigenvalue weighted by atomic mass is 9.94. The fraction of sp³-hybridized carbons (Fsp3) is 0.688. The normalized spacial score (nSPS) is 17.9. The summed E-state index contributed by atoms with van der Waals surface area (Å²) in [6.07, 6.45) is 4.94. The third-order valence-corrected chi connectivity index (χ3v) is 4.28. The van der Waals surface area contributed by atoms with Gasteiger partial charge in [0, 0.05) is 49.5 Å². The summed E-state index contributed by atoms with van der Waals surface area (Å²) in [6, 6.07) is 0.163. The van der Waals surface area contributed by atoms with Crippen molar-refractivity contribution in [2.24, 2.45) is 0 Å². The van der Waals surface area contributed by atoms with Crippen LogP contribution in [0.1, 0.15) is 49.0 Å². The van der Waals surface area contributed by atoms with Crippen molar-refractivity contribution in [1.82, 2.24) is 15.2 Å². The average Bonchev–Trinajstić information content (AvgIpc) is 2.52. The number of nitrogens with zero attached hydrogens (tertiary/aromatic N) is 2. The molecule has 3 N–H and O–H groups in total. The van der Waals surface area contributed by atoms with Gasteiger partial charge in [-0.15, -0.1) is 0 Å². The maximum absolute atomic E-state index is 10.5. The molecule has 2 heterocycles. The van der Waals surface area contributed by atoms with Gasteiger partial charge in [-0.1, -0.05) is 19.8 Å². The minimum atomic E-state index is -0.0785. The molecule has 1 aromatic rings. The van der Waals surface area contributed by atoms with E-state index in [1.165, 1.54) is 0 Å². The van der Waals surface area contributed by atoms with E-state index in [1.807, 2.05) is 6.92 Å². The Morgan fingerprint density at radius 3 is 2.71 bits per heavy atom. The Morgan fingerprint density at radius 2 is 2.10 bits per heavy atom. The van der Waals surface area contributed by atoms with Crippen LogP contribution in [0.3, 0.4) is 0 Å². The van der Waals surface area contributed by atoms with Gasteiger partial charge in [-0.05, 0) is 13.3 Å². The zero-order valence-corrected chi connectivity index (χ0v) is 13.1. The van der Waals surface area contributed by atoms with E-state index in [0.29, 0.717) is 5.69 Å². The van der Waals surface area contributed by atoms with Crippen LogP contribution in [-0.2, 0) is 6.61 Å². The smallest absolute Gasteiger partial charge is 0.141 e. The topological polar surface area (TPSA) is 68.6 Å². The second-order valence-electron chi connectivity index (χ2n) is 5.73. The van der Waals surface area contributed by atoms with E-state index in [1.54, 1.807) is 6.20 Å². The Morgan fingerprint density at radius 1 is 1.38 bits per heavy atom. The third kappa shape index (κ3) is 3.73. The molecule has 1 fully saturated rings. The maximum Gasteiger partial charge on any atom is 0.141 e. The number of hydrogen-bond acceptors (Lipinski definition) is 5. The predicted octanol–water partition coefficient (Wildman–Crippen LogP) is 1.72. The van der Waals surface area contributed by atoms with Gasteiger partial charge in [0.25, 0.3) is 0 Å². The SMILES string of the molecule is CCCC[C@H](c1c(CO)cnc(C)c1O)N1CCNCC1. The molecule has 5 nitrogen and oxygen atoms in total. The predicted molar refractivity (Wildman–Crippen MR) is 83.3 cm³/mol. The van der Waals surface area contributed by atoms with Crippen LogP contribution in [0.2, 0.25) is 0 Å². The quantitative estimate of drug-likeness (QED) is 0.745. The van der Waals surface area contributed by atoms with E-state index < -0.39 is 0 Å². The molecule has 1 aromatic heterocycles. The highest BCUT2D eigenvalue weighted by Crippen LogP contribution is 2.36. The van der Waals surface area contributed by atoms with Crippen molar-refractivity contribution in [3.05, 3.63) is 23.0 Å². The number of rotatable bonds is 6. The summed E-state index contributed by atoms with van der Waals surface area (Å²) < 4.78 is 0. The van der Waals surface area contributed by atoms with Gasteiger partial charge in [-0.2, -0.15) is 0 Å². The largest absolute Gasteiger partial charge is 0.506 e. The molecule has 118 valence electrons. The summed E-state index contributed by atoms with van der Waals surface area (Å²) in [5.74, 6) is 0.251. The van der Waals surface area contributed by atoms with Crippen molar-refractivity contribution in [1.29, 1.82) is 0 Å². The lowest BCUT2D eigenvalue weighted by molar-refractivity contribution is 0.157. The molecule has 2 rings (SSSR count). The highest BCUT2D eigenvalue weighted by atomic mass is 16.3. The second kappa shape index (κ2) is 7.73. The van der Waals surface area contributed by atoms with Gasteiger partial charge in [0.15, 0.2) is 0 Å². The van der Waals surface area contributed by atoms with Crippen molar-refractivity contribution in [2.75, 3.05) is 26.2 Å². The molecule has 0 saturated carbocycles. The van der Waals surface area contributed by atoms with Crippen LogP contribution in [0.5, 0.6) is 5.75 Å². The molecule has 5 heteroatoms. The number of aliphatic hydroxyl groups excluding tert-OH is 1. The maximum atomic E-state index is 10.5. The molecule has 1 atom stereocenters. The fourth-order valence-electron chi connectivity index (χ4n) is 3.05. The molecule has 21 heavy (non-hydrogen) atoms. The van der Waals surface area contributed by atoms with Gasteiger partial charge in [-0.25, -0.2) is 0 Å². The molecule has 0 spiro atoms. The van der Waals surface area contributed by atoms with E-state index in [-0.39, 0.29) is 18.4 Å². The van der Waals surface area contributed by atoms with E-state index in [0.717, 1.165) is 56.6 Å². The minimum absolute atomic E-state index is 0.0785. The number of piperazine rings is 1. The Hall–Kier alpha value is -1.17. The first-order valence-electron chi connectivity index (χ1n) is 7.92. The zero-order valence-electron chi connectivity index (χ0n) is 13.1. The molecular formula is C16H27N3O2. The monoisotopic (exact) mass is 293 g/mol. The van der Waals surface area contributed by atoms with E-state index >= 15 is 0 Å². The molecule has 1 aliphatic rings. The Kier molecular flexibility index (Phi) is 5.96. The summed E-state index contributed by atoms with van der Waals surface area (Å²) in [5.41, 5.74) is 2.26. The Bertz CT molecular complexity index is 459. The minimum Gasteiger partial charge on any atom is -0.506 e. The molecule has 0 unspecified atom stereocenters. The number of aryl methyl sites for hydroxylation is 1. The first-order valence-corrected chi connectivity index (χ1v) is 7.92. The van der Waals surface area contributed by atoms with E-state index in [9.17, 15) is 10.2 Å². The van der Waals surface area contributed by atoms with Crippen molar-refractivity contribution >= 4 is 0 Å². The van der Waals surface area contributed by atoms with Gasteiger partial charge in [0.2, 0.25) is 0 Å². The lowest BCUT2D eigenvalue weighted by Gasteiger charge is -2.36. The molecule has 0 amide bonds. The van der Waals surface area contributed by atoms with E-state index in [4.69, 9.17) is 0 Å². The molecule has 0 radical (unpaired) electrons. The van der Waals surface area contributed by atoms with Crippen LogP contribution in [0.15, 0.2) is 6.20 Å². The number of aliphatic hydroxyl groups is 1. The molecule has 1 saturated heterocycles.